The first-order valence-corrected chi connectivity index (χ1v) is 10.9. The van der Waals surface area contributed by atoms with Gasteiger partial charge in [-0.05, 0) is 58.3 Å². The molecule has 1 saturated carbocycles. The number of rotatable bonds is 3. The van der Waals surface area contributed by atoms with E-state index in [0.717, 1.165) is 5.92 Å². The fourth-order valence-corrected chi connectivity index (χ4v) is 6.15. The normalized spacial score (nSPS) is 24.4. The zero-order chi connectivity index (χ0) is 19.1. The lowest BCUT2D eigenvalue weighted by atomic mass is 9.65. The molecule has 0 N–H and O–H groups in total. The Labute approximate surface area is 165 Å². The summed E-state index contributed by atoms with van der Waals surface area (Å²) in [6, 6.07) is 26.6. The predicted molar refractivity (Wildman–Crippen MR) is 119 cm³/mol. The van der Waals surface area contributed by atoms with Gasteiger partial charge in [0.1, 0.15) is 0 Å². The standard InChI is InChI=1S/C26H29P/c1-19-15-16-26(4,25(19,2)3)24-18-22(20-11-7-5-8-12-20)17-23(27-24)21-13-9-6-10-14-21/h5-14,17-19H,15-16H2,1-4H3/t19-,26+/m1/s1. The summed E-state index contributed by atoms with van der Waals surface area (Å²) in [5.41, 5.74) is 4.55. The van der Waals surface area contributed by atoms with E-state index in [-0.39, 0.29) is 5.41 Å². The van der Waals surface area contributed by atoms with Crippen LogP contribution in [0, 0.1) is 11.3 Å². The van der Waals surface area contributed by atoms with E-state index in [2.05, 4.69) is 100 Å². The van der Waals surface area contributed by atoms with E-state index in [1.54, 1.807) is 5.30 Å². The zero-order valence-corrected chi connectivity index (χ0v) is 17.8. The maximum absolute atomic E-state index is 2.51. The molecule has 27 heavy (non-hydrogen) atoms. The second kappa shape index (κ2) is 6.92. The molecular formula is C26H29P. The topological polar surface area (TPSA) is 0 Å². The fraction of sp³-hybridized carbons (Fsp3) is 0.346. The number of hydrogen-bond acceptors (Lipinski definition) is 0. The highest BCUT2D eigenvalue weighted by molar-refractivity contribution is 7.34. The Hall–Kier alpha value is -1.91. The molecule has 0 saturated heterocycles. The highest BCUT2D eigenvalue weighted by atomic mass is 31.0. The molecule has 0 nitrogen and oxygen atoms in total. The van der Waals surface area contributed by atoms with Crippen molar-refractivity contribution in [2.75, 3.05) is 0 Å². The van der Waals surface area contributed by atoms with Gasteiger partial charge in [-0.3, -0.25) is 0 Å². The largest absolute Gasteiger partial charge is 0.0636 e. The van der Waals surface area contributed by atoms with E-state index in [1.807, 2.05) is 0 Å². The third-order valence-electron chi connectivity index (χ3n) is 7.30. The van der Waals surface area contributed by atoms with Crippen LogP contribution < -0.4 is 0 Å². The van der Waals surface area contributed by atoms with Crippen LogP contribution in [0.2, 0.25) is 0 Å². The van der Waals surface area contributed by atoms with Gasteiger partial charge in [-0.15, -0.1) is 0 Å². The Morgan fingerprint density at radius 2 is 1.37 bits per heavy atom. The lowest BCUT2D eigenvalue weighted by molar-refractivity contribution is 0.174. The van der Waals surface area contributed by atoms with Crippen LogP contribution in [0.5, 0.6) is 0 Å². The van der Waals surface area contributed by atoms with Crippen molar-refractivity contribution >= 4 is 8.19 Å². The maximum atomic E-state index is 2.51. The summed E-state index contributed by atoms with van der Waals surface area (Å²) in [6.45, 7) is 9.89. The van der Waals surface area contributed by atoms with E-state index in [0.29, 0.717) is 5.41 Å². The average Bonchev–Trinajstić information content (AvgIpc) is 2.92. The van der Waals surface area contributed by atoms with Crippen LogP contribution in [0.15, 0.2) is 72.8 Å². The van der Waals surface area contributed by atoms with Crippen molar-refractivity contribution in [2.24, 2.45) is 11.3 Å². The summed E-state index contributed by atoms with van der Waals surface area (Å²) in [5.74, 6) is 0.754. The lowest BCUT2D eigenvalue weighted by Gasteiger charge is -2.41. The summed E-state index contributed by atoms with van der Waals surface area (Å²) in [4.78, 5) is 0. The van der Waals surface area contributed by atoms with Crippen molar-refractivity contribution in [1.29, 1.82) is 0 Å². The molecule has 1 heterocycles. The first-order chi connectivity index (χ1) is 12.9. The molecule has 0 bridgehead atoms. The van der Waals surface area contributed by atoms with E-state index < -0.39 is 0 Å². The third-order valence-corrected chi connectivity index (χ3v) is 8.79. The van der Waals surface area contributed by atoms with Crippen molar-refractivity contribution < 1.29 is 0 Å². The van der Waals surface area contributed by atoms with Gasteiger partial charge in [0.25, 0.3) is 0 Å². The molecule has 3 aromatic rings. The first-order valence-electron chi connectivity index (χ1n) is 10.1. The van der Waals surface area contributed by atoms with Gasteiger partial charge in [-0.1, -0.05) is 96.6 Å². The first kappa shape index (κ1) is 18.5. The number of hydrogen-bond donors (Lipinski definition) is 0. The molecule has 0 spiro atoms. The van der Waals surface area contributed by atoms with E-state index in [9.17, 15) is 0 Å². The van der Waals surface area contributed by atoms with Crippen LogP contribution in [0.3, 0.4) is 0 Å². The van der Waals surface area contributed by atoms with Crippen LogP contribution in [0.1, 0.15) is 45.8 Å². The Bertz CT molecular complexity index is 869. The monoisotopic (exact) mass is 372 g/mol. The van der Waals surface area contributed by atoms with Crippen molar-refractivity contribution in [1.82, 2.24) is 0 Å². The molecule has 2 aromatic carbocycles. The van der Waals surface area contributed by atoms with Crippen molar-refractivity contribution in [3.8, 4) is 22.0 Å². The molecule has 0 amide bonds. The van der Waals surface area contributed by atoms with Crippen LogP contribution >= 0.6 is 8.19 Å². The highest BCUT2D eigenvalue weighted by Crippen LogP contribution is 2.59. The highest BCUT2D eigenvalue weighted by Gasteiger charge is 2.50. The molecule has 1 aliphatic rings. The quantitative estimate of drug-likeness (QED) is 0.433. The smallest absolute Gasteiger partial charge is 0.00992 e. The molecule has 2 atom stereocenters. The van der Waals surface area contributed by atoms with Crippen LogP contribution in [0.4, 0.5) is 0 Å². The lowest BCUT2D eigenvalue weighted by Crippen LogP contribution is -2.36. The van der Waals surface area contributed by atoms with Crippen LogP contribution in [-0.4, -0.2) is 0 Å². The molecule has 4 rings (SSSR count). The summed E-state index contributed by atoms with van der Waals surface area (Å²) in [6.07, 6.45) is 2.60. The van der Waals surface area contributed by atoms with Gasteiger partial charge in [0.15, 0.2) is 0 Å². The average molecular weight is 372 g/mol. The summed E-state index contributed by atoms with van der Waals surface area (Å²) in [7, 11) is 1.37. The van der Waals surface area contributed by atoms with Gasteiger partial charge < -0.3 is 0 Å². The van der Waals surface area contributed by atoms with Crippen molar-refractivity contribution in [2.45, 2.75) is 46.0 Å². The van der Waals surface area contributed by atoms with Gasteiger partial charge in [-0.25, -0.2) is 0 Å². The van der Waals surface area contributed by atoms with E-state index in [4.69, 9.17) is 0 Å². The molecule has 138 valence electrons. The van der Waals surface area contributed by atoms with Crippen LogP contribution in [0.25, 0.3) is 22.0 Å². The van der Waals surface area contributed by atoms with Gasteiger partial charge >= 0.3 is 0 Å². The van der Waals surface area contributed by atoms with E-state index >= 15 is 0 Å². The summed E-state index contributed by atoms with van der Waals surface area (Å²) in [5, 5.41) is 3.00. The molecule has 0 unspecified atom stereocenters. The Morgan fingerprint density at radius 1 is 0.778 bits per heavy atom. The molecule has 1 fully saturated rings. The van der Waals surface area contributed by atoms with Gasteiger partial charge in [0, 0.05) is 10.7 Å². The minimum atomic E-state index is 0.238. The summed E-state index contributed by atoms with van der Waals surface area (Å²) < 4.78 is 0. The molecule has 1 heteroatoms. The molecule has 1 aliphatic carbocycles. The van der Waals surface area contributed by atoms with Crippen LogP contribution in [-0.2, 0) is 5.41 Å². The SMILES string of the molecule is C[C@@H]1CC[C@@](C)(c2cc(-c3ccccc3)cc(-c3ccccc3)p2)C1(C)C. The molecular weight excluding hydrogens is 343 g/mol. The second-order valence-electron chi connectivity index (χ2n) is 8.85. The zero-order valence-electron chi connectivity index (χ0n) is 16.9. The maximum Gasteiger partial charge on any atom is 0.00992 e. The minimum Gasteiger partial charge on any atom is -0.0636 e. The summed E-state index contributed by atoms with van der Waals surface area (Å²) >= 11 is 0. The Kier molecular flexibility index (Phi) is 4.73. The predicted octanol–water partition coefficient (Wildman–Crippen LogP) is 8.31. The molecule has 0 aliphatic heterocycles. The second-order valence-corrected chi connectivity index (χ2v) is 10.0. The van der Waals surface area contributed by atoms with Crippen molar-refractivity contribution in [3.63, 3.8) is 0 Å². The van der Waals surface area contributed by atoms with Gasteiger partial charge in [-0.2, -0.15) is 0 Å². The minimum absolute atomic E-state index is 0.238. The van der Waals surface area contributed by atoms with E-state index in [1.165, 1.54) is 43.0 Å². The fourth-order valence-electron chi connectivity index (χ4n) is 4.56. The Balaban J connectivity index is 1.92. The third kappa shape index (κ3) is 3.15. The van der Waals surface area contributed by atoms with Crippen molar-refractivity contribution in [3.05, 3.63) is 78.1 Å². The van der Waals surface area contributed by atoms with Gasteiger partial charge in [0.05, 0.1) is 0 Å². The Morgan fingerprint density at radius 3 is 1.93 bits per heavy atom. The number of benzene rings is 2. The molecule has 1 aromatic heterocycles. The van der Waals surface area contributed by atoms with Gasteiger partial charge in [0.2, 0.25) is 0 Å². The molecule has 0 radical (unpaired) electrons.